The number of ether oxygens (including phenoxy) is 3. The fraction of sp³-hybridized carbons (Fsp3) is 0.562. The van der Waals surface area contributed by atoms with E-state index in [-0.39, 0.29) is 6.10 Å². The lowest BCUT2D eigenvalue weighted by Crippen LogP contribution is -2.26. The molecule has 0 bridgehead atoms. The average molecular weight is 278 g/mol. The van der Waals surface area contributed by atoms with Crippen molar-refractivity contribution in [3.63, 3.8) is 0 Å². The quantitative estimate of drug-likeness (QED) is 0.611. The van der Waals surface area contributed by atoms with E-state index in [4.69, 9.17) is 14.2 Å². The maximum atomic E-state index is 11.6. The highest BCUT2D eigenvalue weighted by atomic mass is 16.8. The number of rotatable bonds is 4. The molecule has 2 rings (SSSR count). The summed E-state index contributed by atoms with van der Waals surface area (Å²) in [4.78, 5) is 11.6. The Balaban J connectivity index is 1.74. The molecule has 4 nitrogen and oxygen atoms in total. The molecule has 110 valence electrons. The van der Waals surface area contributed by atoms with Crippen molar-refractivity contribution in [3.05, 3.63) is 29.8 Å². The second-order valence-corrected chi connectivity index (χ2v) is 5.24. The largest absolute Gasteiger partial charge is 0.511 e. The van der Waals surface area contributed by atoms with Crippen molar-refractivity contribution in [2.45, 2.75) is 58.3 Å². The van der Waals surface area contributed by atoms with Gasteiger partial charge in [0.15, 0.2) is 0 Å². The van der Waals surface area contributed by atoms with E-state index in [1.807, 2.05) is 31.2 Å². The van der Waals surface area contributed by atoms with Gasteiger partial charge in [-0.2, -0.15) is 0 Å². The molecule has 1 aromatic rings. The standard InChI is InChI=1S/C16H22O4/c1-12-8-10-15(11-9-12)18-13(2)19-16(17)20-14-6-4-3-5-7-14/h8-11,13-14H,3-7H2,1-2H3. The summed E-state index contributed by atoms with van der Waals surface area (Å²) in [6.07, 6.45) is 4.03. The van der Waals surface area contributed by atoms with E-state index in [1.165, 1.54) is 6.42 Å². The van der Waals surface area contributed by atoms with Gasteiger partial charge in [-0.25, -0.2) is 4.79 Å². The Kier molecular flexibility index (Phi) is 5.27. The number of aryl methyl sites for hydroxylation is 1. The Bertz CT molecular complexity index is 421. The summed E-state index contributed by atoms with van der Waals surface area (Å²) in [5.74, 6) is 0.675. The third kappa shape index (κ3) is 4.76. The van der Waals surface area contributed by atoms with Crippen LogP contribution in [-0.4, -0.2) is 18.5 Å². The molecule has 0 heterocycles. The molecule has 0 spiro atoms. The molecule has 1 saturated carbocycles. The molecule has 1 aliphatic carbocycles. The van der Waals surface area contributed by atoms with Crippen molar-refractivity contribution in [3.8, 4) is 5.75 Å². The van der Waals surface area contributed by atoms with Crippen molar-refractivity contribution < 1.29 is 19.0 Å². The third-order valence-corrected chi connectivity index (χ3v) is 3.40. The van der Waals surface area contributed by atoms with E-state index >= 15 is 0 Å². The number of hydrogen-bond donors (Lipinski definition) is 0. The van der Waals surface area contributed by atoms with E-state index in [2.05, 4.69) is 0 Å². The van der Waals surface area contributed by atoms with Gasteiger partial charge in [-0.05, 0) is 44.7 Å². The lowest BCUT2D eigenvalue weighted by atomic mass is 9.98. The highest BCUT2D eigenvalue weighted by Gasteiger charge is 2.20. The molecule has 4 heteroatoms. The van der Waals surface area contributed by atoms with Crippen LogP contribution in [0.5, 0.6) is 5.75 Å². The molecule has 1 aromatic carbocycles. The molecule has 1 aliphatic rings. The first kappa shape index (κ1) is 14.7. The second kappa shape index (κ2) is 7.17. The molecule has 0 aromatic heterocycles. The van der Waals surface area contributed by atoms with Gasteiger partial charge in [-0.1, -0.05) is 24.1 Å². The SMILES string of the molecule is Cc1ccc(OC(C)OC(=O)OC2CCCCC2)cc1. The van der Waals surface area contributed by atoms with Crippen LogP contribution in [0.2, 0.25) is 0 Å². The summed E-state index contributed by atoms with van der Waals surface area (Å²) >= 11 is 0. The molecule has 1 fully saturated rings. The predicted molar refractivity (Wildman–Crippen MR) is 75.7 cm³/mol. The van der Waals surface area contributed by atoms with Crippen LogP contribution in [0.1, 0.15) is 44.6 Å². The van der Waals surface area contributed by atoms with Crippen LogP contribution in [0.4, 0.5) is 4.79 Å². The lowest BCUT2D eigenvalue weighted by Gasteiger charge is -2.22. The first-order valence-corrected chi connectivity index (χ1v) is 7.24. The van der Waals surface area contributed by atoms with E-state index in [0.29, 0.717) is 5.75 Å². The first-order chi connectivity index (χ1) is 9.63. The first-order valence-electron chi connectivity index (χ1n) is 7.24. The molecule has 0 amide bonds. The summed E-state index contributed by atoms with van der Waals surface area (Å²) in [6, 6.07) is 7.59. The van der Waals surface area contributed by atoms with Gasteiger partial charge >= 0.3 is 6.16 Å². The van der Waals surface area contributed by atoms with Gasteiger partial charge in [0, 0.05) is 6.92 Å². The summed E-state index contributed by atoms with van der Waals surface area (Å²) < 4.78 is 15.9. The highest BCUT2D eigenvalue weighted by molar-refractivity contribution is 5.60. The Morgan fingerprint density at radius 3 is 2.45 bits per heavy atom. The molecule has 1 unspecified atom stereocenters. The molecule has 0 radical (unpaired) electrons. The number of benzene rings is 1. The normalized spacial score (nSPS) is 17.3. The van der Waals surface area contributed by atoms with Gasteiger partial charge in [0.05, 0.1) is 0 Å². The van der Waals surface area contributed by atoms with Crippen LogP contribution >= 0.6 is 0 Å². The fourth-order valence-electron chi connectivity index (χ4n) is 2.31. The number of carbonyl (C=O) groups is 1. The van der Waals surface area contributed by atoms with E-state index in [9.17, 15) is 4.79 Å². The molecule has 1 atom stereocenters. The second-order valence-electron chi connectivity index (χ2n) is 5.24. The van der Waals surface area contributed by atoms with Crippen LogP contribution in [0.25, 0.3) is 0 Å². The molecule has 20 heavy (non-hydrogen) atoms. The van der Waals surface area contributed by atoms with Gasteiger partial charge in [0.25, 0.3) is 0 Å². The number of hydrogen-bond acceptors (Lipinski definition) is 4. The minimum absolute atomic E-state index is 0.00262. The monoisotopic (exact) mass is 278 g/mol. The summed E-state index contributed by atoms with van der Waals surface area (Å²) in [6.45, 7) is 3.69. The highest BCUT2D eigenvalue weighted by Crippen LogP contribution is 2.21. The maximum absolute atomic E-state index is 11.6. The average Bonchev–Trinajstić information content (AvgIpc) is 2.42. The lowest BCUT2D eigenvalue weighted by molar-refractivity contribution is -0.0683. The predicted octanol–water partition coefficient (Wildman–Crippen LogP) is 4.21. The smallest absolute Gasteiger partial charge is 0.455 e. The summed E-state index contributed by atoms with van der Waals surface area (Å²) in [5.41, 5.74) is 1.16. The van der Waals surface area contributed by atoms with Crippen molar-refractivity contribution in [2.24, 2.45) is 0 Å². The zero-order valence-electron chi connectivity index (χ0n) is 12.1. The maximum Gasteiger partial charge on any atom is 0.511 e. The minimum Gasteiger partial charge on any atom is -0.455 e. The van der Waals surface area contributed by atoms with Crippen LogP contribution in [0, 0.1) is 6.92 Å². The Hall–Kier alpha value is -1.71. The third-order valence-electron chi connectivity index (χ3n) is 3.40. The minimum atomic E-state index is -0.659. The van der Waals surface area contributed by atoms with Crippen molar-refractivity contribution in [1.29, 1.82) is 0 Å². The zero-order chi connectivity index (χ0) is 14.4. The van der Waals surface area contributed by atoms with E-state index in [1.54, 1.807) is 6.92 Å². The fourth-order valence-corrected chi connectivity index (χ4v) is 2.31. The topological polar surface area (TPSA) is 44.8 Å². The van der Waals surface area contributed by atoms with Gasteiger partial charge in [-0.15, -0.1) is 0 Å². The number of carbonyl (C=O) groups excluding carboxylic acids is 1. The van der Waals surface area contributed by atoms with Crippen molar-refractivity contribution in [1.82, 2.24) is 0 Å². The molecule has 0 saturated heterocycles. The van der Waals surface area contributed by atoms with Crippen LogP contribution in [0.3, 0.4) is 0 Å². The van der Waals surface area contributed by atoms with Crippen LogP contribution < -0.4 is 4.74 Å². The van der Waals surface area contributed by atoms with Crippen LogP contribution in [0.15, 0.2) is 24.3 Å². The van der Waals surface area contributed by atoms with E-state index < -0.39 is 12.4 Å². The Morgan fingerprint density at radius 1 is 1.15 bits per heavy atom. The van der Waals surface area contributed by atoms with Gasteiger partial charge in [-0.3, -0.25) is 0 Å². The molecular weight excluding hydrogens is 256 g/mol. The Labute approximate surface area is 120 Å². The van der Waals surface area contributed by atoms with Gasteiger partial charge in [0.2, 0.25) is 6.29 Å². The van der Waals surface area contributed by atoms with E-state index in [0.717, 1.165) is 31.2 Å². The van der Waals surface area contributed by atoms with Crippen molar-refractivity contribution >= 4 is 6.16 Å². The van der Waals surface area contributed by atoms with Gasteiger partial charge < -0.3 is 14.2 Å². The summed E-state index contributed by atoms with van der Waals surface area (Å²) in [5, 5.41) is 0. The molecule has 0 aliphatic heterocycles. The summed E-state index contributed by atoms with van der Waals surface area (Å²) in [7, 11) is 0. The Morgan fingerprint density at radius 2 is 1.80 bits per heavy atom. The molecule has 0 N–H and O–H groups in total. The van der Waals surface area contributed by atoms with Gasteiger partial charge in [0.1, 0.15) is 11.9 Å². The molecular formula is C16H22O4. The zero-order valence-corrected chi connectivity index (χ0v) is 12.1. The van der Waals surface area contributed by atoms with Crippen molar-refractivity contribution in [2.75, 3.05) is 0 Å². The van der Waals surface area contributed by atoms with Crippen LogP contribution in [-0.2, 0) is 9.47 Å².